The van der Waals surface area contributed by atoms with E-state index in [0.29, 0.717) is 64.8 Å². The zero-order chi connectivity index (χ0) is 32.9. The number of thiol groups is 1. The van der Waals surface area contributed by atoms with Crippen molar-refractivity contribution < 1.29 is 28.6 Å². The summed E-state index contributed by atoms with van der Waals surface area (Å²) in [6.07, 6.45) is 1.20. The van der Waals surface area contributed by atoms with E-state index in [1.807, 2.05) is 74.0 Å². The number of benzene rings is 2. The Kier molecular flexibility index (Phi) is 13.8. The van der Waals surface area contributed by atoms with Gasteiger partial charge in [-0.05, 0) is 25.0 Å². The molecule has 1 aliphatic heterocycles. The van der Waals surface area contributed by atoms with Crippen LogP contribution in [-0.4, -0.2) is 77.6 Å². The number of para-hydroxylation sites is 1. The lowest BCUT2D eigenvalue weighted by atomic mass is 9.95. The van der Waals surface area contributed by atoms with Crippen molar-refractivity contribution in [3.05, 3.63) is 54.1 Å². The molecule has 2 heterocycles. The summed E-state index contributed by atoms with van der Waals surface area (Å²) in [7, 11) is 0. The summed E-state index contributed by atoms with van der Waals surface area (Å²) in [5, 5.41) is 11.9. The average Bonchev–Trinajstić information content (AvgIpc) is 3.45. The Bertz CT molecular complexity index is 1460. The second-order valence-electron chi connectivity index (χ2n) is 11.4. The zero-order valence-electron chi connectivity index (χ0n) is 26.9. The highest BCUT2D eigenvalue weighted by Crippen LogP contribution is 2.41. The fourth-order valence-electron chi connectivity index (χ4n) is 5.16. The number of nitrogens with zero attached hydrogens (tertiary/aromatic N) is 4. The lowest BCUT2D eigenvalue weighted by Crippen LogP contribution is -2.34. The molecule has 248 valence electrons. The van der Waals surface area contributed by atoms with Crippen molar-refractivity contribution in [2.75, 3.05) is 44.5 Å². The Morgan fingerprint density at radius 1 is 0.891 bits per heavy atom. The first-order valence-electron chi connectivity index (χ1n) is 15.9. The lowest BCUT2D eigenvalue weighted by molar-refractivity contribution is -0.125. The number of amides is 2. The number of fused-ring (bicyclic) bond motifs is 5. The van der Waals surface area contributed by atoms with Gasteiger partial charge in [-0.15, -0.1) is 17.7 Å². The first kappa shape index (κ1) is 35.3. The SMILES string of the molecule is CC(S)OCCOCCCn1nnc2c1-c1ccccc1CN(C(=O)CCC(=O)NCCOCCC(=O)C(C)C)c1ccccc1-2. The van der Waals surface area contributed by atoms with Gasteiger partial charge in [0, 0.05) is 56.0 Å². The van der Waals surface area contributed by atoms with Gasteiger partial charge < -0.3 is 24.4 Å². The summed E-state index contributed by atoms with van der Waals surface area (Å²) in [6, 6.07) is 15.7. The lowest BCUT2D eigenvalue weighted by Gasteiger charge is -2.28. The van der Waals surface area contributed by atoms with Crippen LogP contribution in [0.3, 0.4) is 0 Å². The minimum absolute atomic E-state index is 0.0137. The fourth-order valence-corrected chi connectivity index (χ4v) is 5.27. The van der Waals surface area contributed by atoms with Crippen LogP contribution in [0.2, 0.25) is 0 Å². The number of nitrogens with one attached hydrogen (secondary N) is 1. The third-order valence-corrected chi connectivity index (χ3v) is 7.75. The molecule has 0 fully saturated rings. The van der Waals surface area contributed by atoms with Crippen molar-refractivity contribution in [1.29, 1.82) is 0 Å². The maximum absolute atomic E-state index is 13.7. The highest BCUT2D eigenvalue weighted by atomic mass is 32.1. The van der Waals surface area contributed by atoms with Crippen LogP contribution in [0, 0.1) is 5.92 Å². The van der Waals surface area contributed by atoms with Gasteiger partial charge in [0.2, 0.25) is 11.8 Å². The molecule has 2 aromatic carbocycles. The number of aryl methyl sites for hydroxylation is 1. The number of anilines is 1. The maximum atomic E-state index is 13.7. The van der Waals surface area contributed by atoms with Gasteiger partial charge in [0.1, 0.15) is 11.5 Å². The van der Waals surface area contributed by atoms with E-state index in [9.17, 15) is 14.4 Å². The first-order valence-corrected chi connectivity index (χ1v) is 16.4. The number of carbonyl (C=O) groups excluding carboxylic acids is 3. The van der Waals surface area contributed by atoms with Crippen molar-refractivity contribution in [3.63, 3.8) is 0 Å². The van der Waals surface area contributed by atoms with Crippen LogP contribution in [0.15, 0.2) is 48.5 Å². The molecule has 1 aliphatic rings. The van der Waals surface area contributed by atoms with E-state index in [1.54, 1.807) is 4.90 Å². The molecule has 46 heavy (non-hydrogen) atoms. The number of ketones is 1. The second-order valence-corrected chi connectivity index (χ2v) is 12.2. The molecule has 11 nitrogen and oxygen atoms in total. The van der Waals surface area contributed by atoms with Crippen molar-refractivity contribution in [1.82, 2.24) is 20.3 Å². The van der Waals surface area contributed by atoms with Gasteiger partial charge in [0.15, 0.2) is 0 Å². The number of ether oxygens (including phenoxy) is 3. The number of hydrogen-bond acceptors (Lipinski definition) is 9. The minimum Gasteiger partial charge on any atom is -0.379 e. The van der Waals surface area contributed by atoms with E-state index >= 15 is 0 Å². The molecule has 1 N–H and O–H groups in total. The molecule has 3 aromatic rings. The molecule has 0 aliphatic carbocycles. The standard InChI is InChI=1S/C34H45N5O6S/c1-24(2)30(40)15-19-44-20-16-35-31(41)13-14-32(42)38-23-26-9-4-5-10-27(26)34-33(28-11-6-7-12-29(28)38)36-37-39(34)17-8-18-43-21-22-45-25(3)46/h4-7,9-12,24-25,46H,8,13-23H2,1-3H3,(H,35,41). The summed E-state index contributed by atoms with van der Waals surface area (Å²) in [5.41, 5.74) is 4.92. The zero-order valence-corrected chi connectivity index (χ0v) is 27.8. The van der Waals surface area contributed by atoms with Gasteiger partial charge in [0.05, 0.1) is 49.8 Å². The van der Waals surface area contributed by atoms with Crippen LogP contribution in [0.1, 0.15) is 52.0 Å². The monoisotopic (exact) mass is 651 g/mol. The van der Waals surface area contributed by atoms with Crippen LogP contribution in [0.4, 0.5) is 5.69 Å². The summed E-state index contributed by atoms with van der Waals surface area (Å²) in [6.45, 7) is 9.05. The van der Waals surface area contributed by atoms with Gasteiger partial charge in [-0.1, -0.05) is 61.5 Å². The highest BCUT2D eigenvalue weighted by molar-refractivity contribution is 7.80. The first-order chi connectivity index (χ1) is 22.3. The molecular weight excluding hydrogens is 606 g/mol. The molecule has 0 radical (unpaired) electrons. The van der Waals surface area contributed by atoms with Crippen LogP contribution in [0.25, 0.3) is 22.5 Å². The Morgan fingerprint density at radius 2 is 1.63 bits per heavy atom. The molecule has 1 unspecified atom stereocenters. The van der Waals surface area contributed by atoms with Gasteiger partial charge in [0.25, 0.3) is 0 Å². The predicted molar refractivity (Wildman–Crippen MR) is 179 cm³/mol. The van der Waals surface area contributed by atoms with Gasteiger partial charge in [-0.25, -0.2) is 4.68 Å². The third-order valence-electron chi connectivity index (χ3n) is 7.60. The van der Waals surface area contributed by atoms with Crippen LogP contribution in [0.5, 0.6) is 0 Å². The largest absolute Gasteiger partial charge is 0.379 e. The summed E-state index contributed by atoms with van der Waals surface area (Å²) in [5.74, 6) is -0.251. The van der Waals surface area contributed by atoms with E-state index in [2.05, 4.69) is 28.3 Å². The maximum Gasteiger partial charge on any atom is 0.227 e. The molecule has 12 heteroatoms. The molecule has 2 amide bonds. The topological polar surface area (TPSA) is 125 Å². The Labute approximate surface area is 276 Å². The molecule has 0 spiro atoms. The summed E-state index contributed by atoms with van der Waals surface area (Å²) >= 11 is 4.21. The molecule has 1 atom stereocenters. The Balaban J connectivity index is 1.41. The number of rotatable bonds is 18. The summed E-state index contributed by atoms with van der Waals surface area (Å²) in [4.78, 5) is 39.7. The van der Waals surface area contributed by atoms with Crippen LogP contribution >= 0.6 is 12.6 Å². The van der Waals surface area contributed by atoms with Gasteiger partial charge in [-0.3, -0.25) is 14.4 Å². The number of carbonyl (C=O) groups is 3. The second kappa shape index (κ2) is 17.9. The van der Waals surface area contributed by atoms with Crippen LogP contribution < -0.4 is 10.2 Å². The van der Waals surface area contributed by atoms with E-state index < -0.39 is 0 Å². The minimum atomic E-state index is -0.228. The van der Waals surface area contributed by atoms with Crippen molar-refractivity contribution in [2.24, 2.45) is 5.92 Å². The van der Waals surface area contributed by atoms with E-state index in [1.165, 1.54) is 0 Å². The average molecular weight is 652 g/mol. The molecule has 0 saturated heterocycles. The van der Waals surface area contributed by atoms with Crippen LogP contribution in [-0.2, 0) is 41.7 Å². The Hall–Kier alpha value is -3.58. The van der Waals surface area contributed by atoms with E-state index in [0.717, 1.165) is 34.5 Å². The quantitative estimate of drug-likeness (QED) is 0.115. The summed E-state index contributed by atoms with van der Waals surface area (Å²) < 4.78 is 18.5. The Morgan fingerprint density at radius 3 is 2.41 bits per heavy atom. The van der Waals surface area contributed by atoms with Crippen molar-refractivity contribution >= 4 is 35.9 Å². The van der Waals surface area contributed by atoms with E-state index in [4.69, 9.17) is 14.2 Å². The van der Waals surface area contributed by atoms with Gasteiger partial charge >= 0.3 is 0 Å². The third kappa shape index (κ3) is 9.96. The number of hydrogen-bond donors (Lipinski definition) is 2. The normalized spacial score (nSPS) is 12.9. The smallest absolute Gasteiger partial charge is 0.227 e. The molecular formula is C34H45N5O6S. The molecule has 4 rings (SSSR count). The molecule has 0 saturated carbocycles. The number of Topliss-reactive ketones (excluding diaryl/α,β-unsaturated/α-hetero) is 1. The fraction of sp³-hybridized carbons (Fsp3) is 0.500. The highest BCUT2D eigenvalue weighted by Gasteiger charge is 2.29. The molecule has 1 aromatic heterocycles. The van der Waals surface area contributed by atoms with Crippen molar-refractivity contribution in [3.8, 4) is 22.5 Å². The van der Waals surface area contributed by atoms with E-state index in [-0.39, 0.29) is 41.8 Å². The van der Waals surface area contributed by atoms with Crippen molar-refractivity contribution in [2.45, 2.75) is 65.0 Å². The number of aromatic nitrogens is 3. The van der Waals surface area contributed by atoms with Gasteiger partial charge in [-0.2, -0.15) is 0 Å². The molecule has 0 bridgehead atoms. The predicted octanol–water partition coefficient (Wildman–Crippen LogP) is 4.69.